The highest BCUT2D eigenvalue weighted by molar-refractivity contribution is 5.96. The van der Waals surface area contributed by atoms with Crippen LogP contribution < -0.4 is 16.4 Å². The maximum Gasteiger partial charge on any atom is 0.308 e. The number of amidine groups is 1. The van der Waals surface area contributed by atoms with E-state index in [2.05, 4.69) is 10.6 Å². The normalized spacial score (nSPS) is 11.3. The van der Waals surface area contributed by atoms with Gasteiger partial charge in [0.15, 0.2) is 0 Å². The molecule has 5 N–H and O–H groups in total. The van der Waals surface area contributed by atoms with Gasteiger partial charge in [-0.2, -0.15) is 0 Å². The summed E-state index contributed by atoms with van der Waals surface area (Å²) in [5.74, 6) is -3.46. The Morgan fingerprint density at radius 1 is 1.03 bits per heavy atom. The van der Waals surface area contributed by atoms with Crippen molar-refractivity contribution in [2.45, 2.75) is 32.2 Å². The molecule has 0 spiro atoms. The number of halogens is 2. The van der Waals surface area contributed by atoms with Crippen molar-refractivity contribution in [3.05, 3.63) is 65.2 Å². The molecule has 2 amide bonds. The molecule has 10 heteroatoms. The number of amides is 2. The van der Waals surface area contributed by atoms with Crippen molar-refractivity contribution >= 4 is 29.3 Å². The molecule has 0 saturated carbocycles. The van der Waals surface area contributed by atoms with Crippen molar-refractivity contribution in [1.82, 2.24) is 5.32 Å². The molecule has 1 atom stereocenters. The predicted molar refractivity (Wildman–Crippen MR) is 114 cm³/mol. The summed E-state index contributed by atoms with van der Waals surface area (Å²) >= 11 is 0. The summed E-state index contributed by atoms with van der Waals surface area (Å²) in [6, 6.07) is 7.99. The fraction of sp³-hybridized carbons (Fsp3) is 0.273. The minimum Gasteiger partial charge on any atom is -0.466 e. The molecule has 1 unspecified atom stereocenters. The molecule has 0 fully saturated rings. The lowest BCUT2D eigenvalue weighted by Crippen LogP contribution is -2.31. The van der Waals surface area contributed by atoms with Crippen LogP contribution in [0, 0.1) is 17.0 Å². The molecule has 8 nitrogen and oxygen atoms in total. The number of hydrogen-bond acceptors (Lipinski definition) is 5. The Morgan fingerprint density at radius 3 is 2.19 bits per heavy atom. The first kappa shape index (κ1) is 24.4. The van der Waals surface area contributed by atoms with Gasteiger partial charge in [0, 0.05) is 30.2 Å². The number of nitrogens with two attached hydrogens (primary N) is 1. The number of anilines is 1. The third-order valence-corrected chi connectivity index (χ3v) is 4.36. The molecule has 0 saturated heterocycles. The maximum absolute atomic E-state index is 13.6. The third kappa shape index (κ3) is 7.78. The maximum atomic E-state index is 13.6. The van der Waals surface area contributed by atoms with Gasteiger partial charge in [0.05, 0.1) is 19.1 Å². The van der Waals surface area contributed by atoms with E-state index in [-0.39, 0.29) is 37.3 Å². The number of carbonyl (C=O) groups excluding carboxylic acids is 3. The molecule has 0 radical (unpaired) electrons. The first-order chi connectivity index (χ1) is 15.2. The first-order valence-electron chi connectivity index (χ1n) is 9.83. The zero-order chi connectivity index (χ0) is 23.7. The van der Waals surface area contributed by atoms with Gasteiger partial charge < -0.3 is 21.1 Å². The number of rotatable bonds is 10. The minimum atomic E-state index is -1.02. The number of ether oxygens (including phenoxy) is 1. The van der Waals surface area contributed by atoms with Crippen molar-refractivity contribution in [2.75, 3.05) is 11.9 Å². The van der Waals surface area contributed by atoms with Crippen LogP contribution in [0.5, 0.6) is 0 Å². The molecule has 32 heavy (non-hydrogen) atoms. The lowest BCUT2D eigenvalue weighted by molar-refractivity contribution is -0.144. The standard InChI is InChI=1S/C22H24F2N4O4/c1-2-32-21(31)12-18(14-9-15(23)11-16(24)10-14)28-20(30)8-7-19(29)27-17-5-3-13(4-6-17)22(25)26/h3-6,9-11,18H,2,7-8,12H2,1H3,(H3,25,26)(H,27,29)(H,28,30). The monoisotopic (exact) mass is 446 g/mol. The predicted octanol–water partition coefficient (Wildman–Crippen LogP) is 2.78. The van der Waals surface area contributed by atoms with Crippen LogP contribution in [-0.4, -0.2) is 30.2 Å². The van der Waals surface area contributed by atoms with E-state index in [1.807, 2.05) is 0 Å². The fourth-order valence-corrected chi connectivity index (χ4v) is 2.87. The third-order valence-electron chi connectivity index (χ3n) is 4.36. The second-order valence-corrected chi connectivity index (χ2v) is 6.87. The lowest BCUT2D eigenvalue weighted by Gasteiger charge is -2.19. The van der Waals surface area contributed by atoms with E-state index in [1.165, 1.54) is 0 Å². The minimum absolute atomic E-state index is 0.0684. The summed E-state index contributed by atoms with van der Waals surface area (Å²) in [6.07, 6.45) is -0.699. The molecule has 2 rings (SSSR count). The summed E-state index contributed by atoms with van der Waals surface area (Å²) < 4.78 is 32.1. The highest BCUT2D eigenvalue weighted by atomic mass is 19.1. The Morgan fingerprint density at radius 2 is 1.62 bits per heavy atom. The van der Waals surface area contributed by atoms with Gasteiger partial charge in [-0.3, -0.25) is 19.8 Å². The summed E-state index contributed by atoms with van der Waals surface area (Å²) in [4.78, 5) is 36.3. The Hall–Kier alpha value is -3.82. The second-order valence-electron chi connectivity index (χ2n) is 6.87. The van der Waals surface area contributed by atoms with E-state index in [4.69, 9.17) is 15.9 Å². The number of esters is 1. The van der Waals surface area contributed by atoms with E-state index < -0.39 is 35.5 Å². The van der Waals surface area contributed by atoms with E-state index in [9.17, 15) is 23.2 Å². The molecule has 0 aromatic heterocycles. The molecular weight excluding hydrogens is 422 g/mol. The van der Waals surface area contributed by atoms with Crippen molar-refractivity contribution < 1.29 is 27.9 Å². The summed E-state index contributed by atoms with van der Waals surface area (Å²) in [5.41, 5.74) is 6.41. The van der Waals surface area contributed by atoms with Crippen molar-refractivity contribution in [3.63, 3.8) is 0 Å². The highest BCUT2D eigenvalue weighted by Gasteiger charge is 2.21. The second kappa shape index (κ2) is 11.5. The number of benzene rings is 2. The molecule has 2 aromatic rings. The van der Waals surface area contributed by atoms with Crippen LogP contribution in [-0.2, 0) is 19.1 Å². The largest absolute Gasteiger partial charge is 0.466 e. The molecule has 170 valence electrons. The number of nitrogen functional groups attached to an aromatic ring is 1. The van der Waals surface area contributed by atoms with Crippen LogP contribution in [0.3, 0.4) is 0 Å². The number of hydrogen-bond donors (Lipinski definition) is 4. The average molecular weight is 446 g/mol. The lowest BCUT2D eigenvalue weighted by atomic mass is 10.0. The van der Waals surface area contributed by atoms with Crippen molar-refractivity contribution in [2.24, 2.45) is 5.73 Å². The van der Waals surface area contributed by atoms with Crippen LogP contribution in [0.15, 0.2) is 42.5 Å². The Kier molecular flexibility index (Phi) is 8.82. The van der Waals surface area contributed by atoms with E-state index >= 15 is 0 Å². The topological polar surface area (TPSA) is 134 Å². The quantitative estimate of drug-likeness (QED) is 0.253. The van der Waals surface area contributed by atoms with Gasteiger partial charge >= 0.3 is 5.97 Å². The van der Waals surface area contributed by atoms with Gasteiger partial charge in [0.25, 0.3) is 0 Å². The summed E-state index contributed by atoms with van der Waals surface area (Å²) in [6.45, 7) is 1.73. The average Bonchev–Trinajstić information content (AvgIpc) is 2.71. The molecule has 2 aromatic carbocycles. The fourth-order valence-electron chi connectivity index (χ4n) is 2.87. The smallest absolute Gasteiger partial charge is 0.308 e. The zero-order valence-electron chi connectivity index (χ0n) is 17.4. The molecule has 0 bridgehead atoms. The van der Waals surface area contributed by atoms with Crippen LogP contribution in [0.4, 0.5) is 14.5 Å². The summed E-state index contributed by atoms with van der Waals surface area (Å²) in [7, 11) is 0. The summed E-state index contributed by atoms with van der Waals surface area (Å²) in [5, 5.41) is 12.5. The highest BCUT2D eigenvalue weighted by Crippen LogP contribution is 2.21. The van der Waals surface area contributed by atoms with Gasteiger partial charge in [-0.1, -0.05) is 0 Å². The number of carbonyl (C=O) groups is 3. The molecule has 0 aliphatic rings. The van der Waals surface area contributed by atoms with E-state index in [0.717, 1.165) is 12.1 Å². The Balaban J connectivity index is 1.97. The van der Waals surface area contributed by atoms with E-state index in [0.29, 0.717) is 17.3 Å². The van der Waals surface area contributed by atoms with Gasteiger partial charge in [0.1, 0.15) is 17.5 Å². The van der Waals surface area contributed by atoms with Gasteiger partial charge in [0.2, 0.25) is 11.8 Å². The van der Waals surface area contributed by atoms with Crippen LogP contribution in [0.25, 0.3) is 0 Å². The molecule has 0 heterocycles. The van der Waals surface area contributed by atoms with Gasteiger partial charge in [-0.25, -0.2) is 8.78 Å². The van der Waals surface area contributed by atoms with Gasteiger partial charge in [-0.05, 0) is 48.9 Å². The number of nitrogens with one attached hydrogen (secondary N) is 3. The van der Waals surface area contributed by atoms with Crippen LogP contribution in [0.2, 0.25) is 0 Å². The van der Waals surface area contributed by atoms with Crippen LogP contribution >= 0.6 is 0 Å². The SMILES string of the molecule is CCOC(=O)CC(NC(=O)CCC(=O)Nc1ccc(C(=N)N)cc1)c1cc(F)cc(F)c1. The molecule has 0 aliphatic carbocycles. The molecular formula is C22H24F2N4O4. The van der Waals surface area contributed by atoms with Crippen molar-refractivity contribution in [1.29, 1.82) is 5.41 Å². The Labute approximate surface area is 183 Å². The van der Waals surface area contributed by atoms with E-state index in [1.54, 1.807) is 31.2 Å². The Bertz CT molecular complexity index is 976. The van der Waals surface area contributed by atoms with Crippen LogP contribution in [0.1, 0.15) is 43.4 Å². The van der Waals surface area contributed by atoms with Crippen molar-refractivity contribution in [3.8, 4) is 0 Å². The zero-order valence-corrected chi connectivity index (χ0v) is 17.4. The van der Waals surface area contributed by atoms with Gasteiger partial charge in [-0.15, -0.1) is 0 Å². The molecule has 0 aliphatic heterocycles. The first-order valence-corrected chi connectivity index (χ1v) is 9.83.